The van der Waals surface area contributed by atoms with E-state index in [1.54, 1.807) is 0 Å². The van der Waals surface area contributed by atoms with Crippen LogP contribution >= 0.6 is 11.8 Å². The monoisotopic (exact) mass is 206 g/mol. The fourth-order valence-electron chi connectivity index (χ4n) is 0.487. The van der Waals surface area contributed by atoms with Crippen LogP contribution in [0.3, 0.4) is 0 Å². The van der Waals surface area contributed by atoms with Crippen LogP contribution < -0.4 is 11.1 Å². The number of nitrogens with two attached hydrogens (primary N) is 1. The van der Waals surface area contributed by atoms with Gasteiger partial charge in [0, 0.05) is 11.8 Å². The molecule has 2 amide bonds. The molecular formula is C7H14N2O3S. The molecule has 0 aliphatic heterocycles. The van der Waals surface area contributed by atoms with Crippen molar-refractivity contribution in [1.29, 1.82) is 0 Å². The van der Waals surface area contributed by atoms with E-state index >= 15 is 0 Å². The zero-order valence-electron chi connectivity index (χ0n) is 7.70. The van der Waals surface area contributed by atoms with E-state index in [1.807, 2.05) is 12.2 Å². The van der Waals surface area contributed by atoms with Gasteiger partial charge in [-0.1, -0.05) is 6.92 Å². The molecule has 0 aliphatic carbocycles. The summed E-state index contributed by atoms with van der Waals surface area (Å²) >= 11 is 1.39. The highest BCUT2D eigenvalue weighted by atomic mass is 32.2. The van der Waals surface area contributed by atoms with Crippen LogP contribution in [-0.4, -0.2) is 36.7 Å². The van der Waals surface area contributed by atoms with Gasteiger partial charge in [0.2, 0.25) is 5.91 Å². The normalized spacial score (nSPS) is 11.9. The molecular weight excluding hydrogens is 192 g/mol. The van der Waals surface area contributed by atoms with Crippen molar-refractivity contribution in [1.82, 2.24) is 5.32 Å². The molecule has 0 aromatic carbocycles. The second kappa shape index (κ2) is 6.73. The number of hydrogen-bond donors (Lipinski definition) is 2. The SMILES string of the molecule is COC(=O)NC(=O)CSC(C)CN. The molecule has 0 fully saturated rings. The van der Waals surface area contributed by atoms with Crippen molar-refractivity contribution in [3.63, 3.8) is 0 Å². The minimum absolute atomic E-state index is 0.211. The summed E-state index contributed by atoms with van der Waals surface area (Å²) in [5, 5.41) is 2.26. The first kappa shape index (κ1) is 12.2. The molecule has 1 atom stereocenters. The first-order chi connectivity index (χ1) is 6.10. The van der Waals surface area contributed by atoms with Gasteiger partial charge in [-0.3, -0.25) is 10.1 Å². The number of carbonyl (C=O) groups is 2. The van der Waals surface area contributed by atoms with Gasteiger partial charge < -0.3 is 10.5 Å². The Balaban J connectivity index is 3.57. The standard InChI is InChI=1S/C7H14N2O3S/c1-5(3-8)13-4-6(10)9-7(11)12-2/h5H,3-4,8H2,1-2H3,(H,9,10,11). The molecule has 3 N–H and O–H groups in total. The van der Waals surface area contributed by atoms with E-state index in [0.29, 0.717) is 6.54 Å². The lowest BCUT2D eigenvalue weighted by atomic mass is 10.5. The number of ether oxygens (including phenoxy) is 1. The van der Waals surface area contributed by atoms with Gasteiger partial charge in [0.25, 0.3) is 0 Å². The van der Waals surface area contributed by atoms with Crippen molar-refractivity contribution < 1.29 is 14.3 Å². The van der Waals surface area contributed by atoms with Crippen molar-refractivity contribution in [2.75, 3.05) is 19.4 Å². The molecule has 0 saturated heterocycles. The summed E-state index contributed by atoms with van der Waals surface area (Å²) in [7, 11) is 1.21. The summed E-state index contributed by atoms with van der Waals surface area (Å²) in [4.78, 5) is 21.5. The third-order valence-electron chi connectivity index (χ3n) is 1.26. The third-order valence-corrected chi connectivity index (χ3v) is 2.45. The summed E-state index contributed by atoms with van der Waals surface area (Å²) in [6, 6.07) is 0. The second-order valence-corrected chi connectivity index (χ2v) is 3.82. The first-order valence-corrected chi connectivity index (χ1v) is 4.84. The van der Waals surface area contributed by atoms with Gasteiger partial charge in [-0.2, -0.15) is 0 Å². The van der Waals surface area contributed by atoms with Crippen LogP contribution in [0.2, 0.25) is 0 Å². The lowest BCUT2D eigenvalue weighted by Gasteiger charge is -2.06. The molecule has 13 heavy (non-hydrogen) atoms. The summed E-state index contributed by atoms with van der Waals surface area (Å²) < 4.78 is 4.25. The van der Waals surface area contributed by atoms with Crippen LogP contribution in [0.15, 0.2) is 0 Å². The van der Waals surface area contributed by atoms with E-state index in [4.69, 9.17) is 5.73 Å². The molecule has 0 radical (unpaired) electrons. The largest absolute Gasteiger partial charge is 0.453 e. The zero-order chi connectivity index (χ0) is 10.3. The van der Waals surface area contributed by atoms with E-state index in [0.717, 1.165) is 0 Å². The Morgan fingerprint density at radius 3 is 2.69 bits per heavy atom. The minimum atomic E-state index is -0.731. The zero-order valence-corrected chi connectivity index (χ0v) is 8.52. The lowest BCUT2D eigenvalue weighted by Crippen LogP contribution is -2.32. The molecule has 0 bridgehead atoms. The lowest BCUT2D eigenvalue weighted by molar-refractivity contribution is -0.117. The van der Waals surface area contributed by atoms with Crippen molar-refractivity contribution in [2.24, 2.45) is 5.73 Å². The number of imide groups is 1. The maximum atomic E-state index is 11.0. The van der Waals surface area contributed by atoms with Crippen LogP contribution in [0.25, 0.3) is 0 Å². The number of carbonyl (C=O) groups excluding carboxylic acids is 2. The predicted molar refractivity (Wildman–Crippen MR) is 51.5 cm³/mol. The molecule has 6 heteroatoms. The van der Waals surface area contributed by atoms with Gasteiger partial charge in [-0.25, -0.2) is 4.79 Å². The molecule has 0 rings (SSSR count). The number of methoxy groups -OCH3 is 1. The van der Waals surface area contributed by atoms with Crippen LogP contribution in [0, 0.1) is 0 Å². The average molecular weight is 206 g/mol. The minimum Gasteiger partial charge on any atom is -0.453 e. The van der Waals surface area contributed by atoms with E-state index in [9.17, 15) is 9.59 Å². The molecule has 0 heterocycles. The molecule has 5 nitrogen and oxygen atoms in total. The van der Waals surface area contributed by atoms with Gasteiger partial charge in [-0.15, -0.1) is 11.8 Å². The number of thioether (sulfide) groups is 1. The molecule has 1 unspecified atom stereocenters. The van der Waals surface area contributed by atoms with Gasteiger partial charge in [0.1, 0.15) is 0 Å². The Morgan fingerprint density at radius 2 is 2.23 bits per heavy atom. The molecule has 0 aromatic heterocycles. The maximum Gasteiger partial charge on any atom is 0.413 e. The highest BCUT2D eigenvalue weighted by molar-refractivity contribution is 8.00. The third kappa shape index (κ3) is 6.41. The molecule has 0 aliphatic rings. The van der Waals surface area contributed by atoms with E-state index in [-0.39, 0.29) is 16.9 Å². The number of hydrogen-bond acceptors (Lipinski definition) is 5. The van der Waals surface area contributed by atoms with Crippen LogP contribution in [0.4, 0.5) is 4.79 Å². The van der Waals surface area contributed by atoms with Gasteiger partial charge in [-0.05, 0) is 0 Å². The number of alkyl carbamates (subject to hydrolysis) is 1. The average Bonchev–Trinajstić information content (AvgIpc) is 2.13. The summed E-state index contributed by atoms with van der Waals surface area (Å²) in [6.45, 7) is 2.42. The first-order valence-electron chi connectivity index (χ1n) is 3.79. The van der Waals surface area contributed by atoms with Gasteiger partial charge in [0.05, 0.1) is 12.9 Å². The van der Waals surface area contributed by atoms with Gasteiger partial charge in [0.15, 0.2) is 0 Å². The second-order valence-electron chi connectivity index (χ2n) is 2.40. The fraction of sp³-hybridized carbons (Fsp3) is 0.714. The Bertz CT molecular complexity index is 187. The Labute approximate surface area is 81.4 Å². The Kier molecular flexibility index (Phi) is 6.34. The Hall–Kier alpha value is -0.750. The number of nitrogens with one attached hydrogen (secondary N) is 1. The van der Waals surface area contributed by atoms with Gasteiger partial charge >= 0.3 is 6.09 Å². The van der Waals surface area contributed by atoms with Crippen LogP contribution in [0.5, 0.6) is 0 Å². The van der Waals surface area contributed by atoms with Crippen molar-refractivity contribution in [3.05, 3.63) is 0 Å². The van der Waals surface area contributed by atoms with Crippen molar-refractivity contribution in [2.45, 2.75) is 12.2 Å². The smallest absolute Gasteiger partial charge is 0.413 e. The molecule has 0 spiro atoms. The summed E-state index contributed by atoms with van der Waals surface area (Å²) in [6.07, 6.45) is -0.731. The van der Waals surface area contributed by atoms with Crippen LogP contribution in [0.1, 0.15) is 6.92 Å². The van der Waals surface area contributed by atoms with Crippen molar-refractivity contribution in [3.8, 4) is 0 Å². The predicted octanol–water partition coefficient (Wildman–Crippen LogP) is -0.0506. The molecule has 76 valence electrons. The van der Waals surface area contributed by atoms with E-state index in [1.165, 1.54) is 18.9 Å². The molecule has 0 aromatic rings. The summed E-state index contributed by atoms with van der Waals surface area (Å²) in [5.41, 5.74) is 5.34. The van der Waals surface area contributed by atoms with E-state index < -0.39 is 6.09 Å². The molecule has 0 saturated carbocycles. The topological polar surface area (TPSA) is 81.4 Å². The quantitative estimate of drug-likeness (QED) is 0.674. The maximum absolute atomic E-state index is 11.0. The Morgan fingerprint density at radius 1 is 1.62 bits per heavy atom. The highest BCUT2D eigenvalue weighted by Gasteiger charge is 2.08. The fourth-order valence-corrected chi connectivity index (χ4v) is 1.13. The summed E-state index contributed by atoms with van der Waals surface area (Å²) in [5.74, 6) is -0.148. The number of rotatable bonds is 4. The van der Waals surface area contributed by atoms with Crippen LogP contribution in [-0.2, 0) is 9.53 Å². The van der Waals surface area contributed by atoms with Crippen molar-refractivity contribution >= 4 is 23.8 Å². The van der Waals surface area contributed by atoms with E-state index in [2.05, 4.69) is 4.74 Å². The highest BCUT2D eigenvalue weighted by Crippen LogP contribution is 2.07. The number of amides is 2.